The van der Waals surface area contributed by atoms with Crippen molar-refractivity contribution in [1.29, 1.82) is 0 Å². The summed E-state index contributed by atoms with van der Waals surface area (Å²) in [5.74, 6) is -1.42. The summed E-state index contributed by atoms with van der Waals surface area (Å²) in [6, 6.07) is 5.53. The predicted octanol–water partition coefficient (Wildman–Crippen LogP) is 0.796. The van der Waals surface area contributed by atoms with Crippen molar-refractivity contribution in [2.75, 3.05) is 26.4 Å². The van der Waals surface area contributed by atoms with E-state index >= 15 is 0 Å². The minimum Gasteiger partial charge on any atom is -0.350 e. The zero-order valence-electron chi connectivity index (χ0n) is 15.2. The molecule has 0 aliphatic carbocycles. The molecule has 0 saturated heterocycles. The van der Waals surface area contributed by atoms with Gasteiger partial charge in [0.25, 0.3) is 5.91 Å². The molecule has 0 saturated carbocycles. The maximum Gasteiger partial charge on any atom is 0.251 e. The van der Waals surface area contributed by atoms with Crippen molar-refractivity contribution >= 4 is 21.7 Å². The Kier molecular flexibility index (Phi) is 7.13. The van der Waals surface area contributed by atoms with Crippen molar-refractivity contribution < 1.29 is 18.0 Å². The smallest absolute Gasteiger partial charge is 0.251 e. The van der Waals surface area contributed by atoms with E-state index in [9.17, 15) is 18.0 Å². The maximum absolute atomic E-state index is 12.2. The average molecular weight is 369 g/mol. The molecule has 0 spiro atoms. The Balaban J connectivity index is 2.82. The van der Waals surface area contributed by atoms with Crippen molar-refractivity contribution in [1.82, 2.24) is 10.2 Å². The molecule has 0 atom stereocenters. The molecule has 3 N–H and O–H groups in total. The Labute approximate surface area is 149 Å². The van der Waals surface area contributed by atoms with Crippen LogP contribution in [0.15, 0.2) is 29.2 Å². The van der Waals surface area contributed by atoms with E-state index in [1.165, 1.54) is 43.3 Å². The molecule has 140 valence electrons. The van der Waals surface area contributed by atoms with Crippen LogP contribution in [0.3, 0.4) is 0 Å². The summed E-state index contributed by atoms with van der Waals surface area (Å²) in [4.78, 5) is 25.0. The molecule has 0 aromatic heterocycles. The Morgan fingerprint density at radius 1 is 1.12 bits per heavy atom. The highest BCUT2D eigenvalue weighted by molar-refractivity contribution is 7.92. The minimum atomic E-state index is -3.73. The summed E-state index contributed by atoms with van der Waals surface area (Å²) in [6.45, 7) is 4.27. The van der Waals surface area contributed by atoms with E-state index in [0.717, 1.165) is 12.8 Å². The lowest BCUT2D eigenvalue weighted by Gasteiger charge is -2.26. The second kappa shape index (κ2) is 8.44. The molecule has 1 rings (SSSR count). The number of carbonyl (C=O) groups is 2. The fourth-order valence-corrected chi connectivity index (χ4v) is 3.35. The highest BCUT2D eigenvalue weighted by Crippen LogP contribution is 2.14. The lowest BCUT2D eigenvalue weighted by atomic mass is 9.94. The molecule has 0 aliphatic rings. The van der Waals surface area contributed by atoms with Gasteiger partial charge in [-0.15, -0.1) is 0 Å². The minimum absolute atomic E-state index is 0.00883. The zero-order chi connectivity index (χ0) is 19.3. The van der Waals surface area contributed by atoms with Gasteiger partial charge in [-0.3, -0.25) is 9.59 Å². The molecule has 0 aliphatic heterocycles. The number of nitrogens with one attached hydrogen (secondary N) is 1. The third kappa shape index (κ3) is 5.82. The molecule has 2 amide bonds. The van der Waals surface area contributed by atoms with Crippen molar-refractivity contribution in [2.45, 2.75) is 37.1 Å². The highest BCUT2D eigenvalue weighted by Gasteiger charge is 2.23. The van der Waals surface area contributed by atoms with E-state index in [2.05, 4.69) is 5.32 Å². The largest absolute Gasteiger partial charge is 0.350 e. The monoisotopic (exact) mass is 369 g/mol. The van der Waals surface area contributed by atoms with Crippen LogP contribution in [-0.4, -0.2) is 57.1 Å². The number of amides is 2. The molecule has 0 unspecified atom stereocenters. The number of benzene rings is 1. The second-order valence-corrected chi connectivity index (χ2v) is 8.31. The van der Waals surface area contributed by atoms with E-state index < -0.39 is 27.0 Å². The molecular formula is C17H27N3O4S. The van der Waals surface area contributed by atoms with E-state index in [4.69, 9.17) is 5.73 Å². The number of sulfone groups is 1. The van der Waals surface area contributed by atoms with E-state index in [1.807, 2.05) is 13.8 Å². The number of nitrogens with two attached hydrogens (primary N) is 1. The lowest BCUT2D eigenvalue weighted by molar-refractivity contribution is -0.125. The van der Waals surface area contributed by atoms with Gasteiger partial charge in [0, 0.05) is 31.7 Å². The first-order chi connectivity index (χ1) is 11.5. The fraction of sp³-hybridized carbons (Fsp3) is 0.529. The predicted molar refractivity (Wildman–Crippen MR) is 97.0 cm³/mol. The number of rotatable bonds is 8. The van der Waals surface area contributed by atoms with Gasteiger partial charge in [-0.2, -0.15) is 0 Å². The van der Waals surface area contributed by atoms with E-state index in [1.54, 1.807) is 0 Å². The molecule has 7 nitrogen and oxygen atoms in total. The van der Waals surface area contributed by atoms with Gasteiger partial charge < -0.3 is 16.0 Å². The Morgan fingerprint density at radius 2 is 1.64 bits per heavy atom. The van der Waals surface area contributed by atoms with Crippen LogP contribution in [0.4, 0.5) is 0 Å². The van der Waals surface area contributed by atoms with Crippen molar-refractivity contribution in [2.24, 2.45) is 5.73 Å². The molecule has 25 heavy (non-hydrogen) atoms. The first-order valence-corrected chi connectivity index (χ1v) is 9.80. The standard InChI is InChI=1S/C17H27N3O4S/c1-5-17(18,6-2)12-19-16(22)13-7-9-14(10-8-13)25(23,24)11-15(21)20(3)4/h7-10H,5-6,11-12,18H2,1-4H3,(H,19,22). The van der Waals surface area contributed by atoms with Crippen LogP contribution in [0.5, 0.6) is 0 Å². The zero-order valence-corrected chi connectivity index (χ0v) is 16.0. The van der Waals surface area contributed by atoms with Crippen LogP contribution in [0.2, 0.25) is 0 Å². The highest BCUT2D eigenvalue weighted by atomic mass is 32.2. The first kappa shape index (κ1) is 21.1. The van der Waals surface area contributed by atoms with E-state index in [0.29, 0.717) is 12.1 Å². The first-order valence-electron chi connectivity index (χ1n) is 8.14. The molecule has 1 aromatic rings. The number of hydrogen-bond donors (Lipinski definition) is 2. The maximum atomic E-state index is 12.2. The molecule has 8 heteroatoms. The van der Waals surface area contributed by atoms with Gasteiger partial charge in [-0.05, 0) is 37.1 Å². The van der Waals surface area contributed by atoms with Gasteiger partial charge in [-0.25, -0.2) is 8.42 Å². The third-order valence-corrected chi connectivity index (χ3v) is 5.91. The molecule has 0 fully saturated rings. The van der Waals surface area contributed by atoms with Gasteiger partial charge in [0.05, 0.1) is 4.90 Å². The summed E-state index contributed by atoms with van der Waals surface area (Å²) >= 11 is 0. The van der Waals surface area contributed by atoms with Crippen molar-refractivity contribution in [3.05, 3.63) is 29.8 Å². The molecule has 0 heterocycles. The molecular weight excluding hydrogens is 342 g/mol. The Morgan fingerprint density at radius 3 is 2.08 bits per heavy atom. The normalized spacial score (nSPS) is 11.9. The summed E-state index contributed by atoms with van der Waals surface area (Å²) < 4.78 is 24.4. The van der Waals surface area contributed by atoms with Crippen molar-refractivity contribution in [3.8, 4) is 0 Å². The SMILES string of the molecule is CCC(N)(CC)CNC(=O)c1ccc(S(=O)(=O)CC(=O)N(C)C)cc1. The van der Waals surface area contributed by atoms with Crippen LogP contribution >= 0.6 is 0 Å². The number of nitrogens with zero attached hydrogens (tertiary/aromatic N) is 1. The fourth-order valence-electron chi connectivity index (χ4n) is 2.05. The third-order valence-electron chi connectivity index (χ3n) is 4.30. The molecule has 0 bridgehead atoms. The Hall–Kier alpha value is -1.93. The van der Waals surface area contributed by atoms with Crippen LogP contribution in [0.25, 0.3) is 0 Å². The topological polar surface area (TPSA) is 110 Å². The number of hydrogen-bond acceptors (Lipinski definition) is 5. The summed E-state index contributed by atoms with van der Waals surface area (Å²) in [5, 5.41) is 2.77. The molecule has 0 radical (unpaired) electrons. The van der Waals surface area contributed by atoms with Gasteiger partial charge in [0.15, 0.2) is 9.84 Å². The Bertz CT molecular complexity index is 708. The summed E-state index contributed by atoms with van der Waals surface area (Å²) in [5.41, 5.74) is 6.03. The average Bonchev–Trinajstić information content (AvgIpc) is 2.59. The number of carbonyl (C=O) groups excluding carboxylic acids is 2. The quantitative estimate of drug-likeness (QED) is 0.704. The van der Waals surface area contributed by atoms with Crippen LogP contribution in [0, 0.1) is 0 Å². The lowest BCUT2D eigenvalue weighted by Crippen LogP contribution is -2.49. The van der Waals surface area contributed by atoms with Gasteiger partial charge in [0.2, 0.25) is 5.91 Å². The molecule has 1 aromatic carbocycles. The van der Waals surface area contributed by atoms with Crippen LogP contribution < -0.4 is 11.1 Å². The second-order valence-electron chi connectivity index (χ2n) is 6.32. The van der Waals surface area contributed by atoms with Gasteiger partial charge in [0.1, 0.15) is 5.75 Å². The van der Waals surface area contributed by atoms with Crippen molar-refractivity contribution in [3.63, 3.8) is 0 Å². The van der Waals surface area contributed by atoms with Gasteiger partial charge in [-0.1, -0.05) is 13.8 Å². The summed E-state index contributed by atoms with van der Waals surface area (Å²) in [6.07, 6.45) is 1.47. The van der Waals surface area contributed by atoms with Crippen LogP contribution in [0.1, 0.15) is 37.0 Å². The van der Waals surface area contributed by atoms with Gasteiger partial charge >= 0.3 is 0 Å². The van der Waals surface area contributed by atoms with E-state index in [-0.39, 0.29) is 10.8 Å². The summed E-state index contributed by atoms with van der Waals surface area (Å²) in [7, 11) is -0.743. The van der Waals surface area contributed by atoms with Crippen LogP contribution in [-0.2, 0) is 14.6 Å².